The number of carbonyl (C=O) groups excluding carboxylic acids is 3. The van der Waals surface area contributed by atoms with E-state index in [1.165, 1.54) is 0 Å². The first-order valence-corrected chi connectivity index (χ1v) is 7.58. The number of rotatable bonds is 4. The molecule has 5 nitrogen and oxygen atoms in total. The summed E-state index contributed by atoms with van der Waals surface area (Å²) < 4.78 is 0. The molecule has 1 aromatic rings. The highest BCUT2D eigenvalue weighted by Gasteiger charge is 2.26. The third kappa shape index (κ3) is 4.16. The molecule has 0 aromatic heterocycles. The van der Waals surface area contributed by atoms with Gasteiger partial charge in [-0.25, -0.2) is 4.79 Å². The summed E-state index contributed by atoms with van der Waals surface area (Å²) in [4.78, 5) is 39.6. The zero-order chi connectivity index (χ0) is 16.1. The van der Waals surface area contributed by atoms with Crippen molar-refractivity contribution in [2.24, 2.45) is 5.92 Å². The Morgan fingerprint density at radius 3 is 2.77 bits per heavy atom. The highest BCUT2D eigenvalue weighted by atomic mass is 16.7. The summed E-state index contributed by atoms with van der Waals surface area (Å²) >= 11 is 0. The maximum atomic E-state index is 11.8. The van der Waals surface area contributed by atoms with Crippen LogP contribution in [-0.4, -0.2) is 17.7 Å². The Labute approximate surface area is 130 Å². The van der Waals surface area contributed by atoms with Crippen LogP contribution in [0.1, 0.15) is 50.2 Å². The lowest BCUT2D eigenvalue weighted by molar-refractivity contribution is -0.161. The molecule has 0 bridgehead atoms. The van der Waals surface area contributed by atoms with E-state index in [0.29, 0.717) is 6.42 Å². The third-order valence-electron chi connectivity index (χ3n) is 3.76. The van der Waals surface area contributed by atoms with E-state index in [1.54, 1.807) is 13.8 Å². The molecular weight excluding hydrogens is 282 g/mol. The SMILES string of the molecule is CC(C)C(=O)ONC(=O)Cc1cccc(C2CCCC2=O)c1. The van der Waals surface area contributed by atoms with Crippen molar-refractivity contribution >= 4 is 17.7 Å². The lowest BCUT2D eigenvalue weighted by Crippen LogP contribution is -2.30. The van der Waals surface area contributed by atoms with Crippen LogP contribution in [0.4, 0.5) is 0 Å². The van der Waals surface area contributed by atoms with Crippen molar-refractivity contribution in [3.8, 4) is 0 Å². The van der Waals surface area contributed by atoms with Gasteiger partial charge in [-0.2, -0.15) is 5.48 Å². The zero-order valence-electron chi connectivity index (χ0n) is 12.9. The van der Waals surface area contributed by atoms with Crippen molar-refractivity contribution in [3.05, 3.63) is 35.4 Å². The van der Waals surface area contributed by atoms with Gasteiger partial charge in [0.05, 0.1) is 12.3 Å². The van der Waals surface area contributed by atoms with Crippen molar-refractivity contribution in [2.45, 2.75) is 45.4 Å². The van der Waals surface area contributed by atoms with Crippen molar-refractivity contribution in [1.82, 2.24) is 5.48 Å². The number of hydrogen-bond donors (Lipinski definition) is 1. The van der Waals surface area contributed by atoms with Crippen LogP contribution < -0.4 is 5.48 Å². The Kier molecular flexibility index (Phi) is 5.31. The Bertz CT molecular complexity index is 580. The molecule has 1 amide bonds. The van der Waals surface area contributed by atoms with Gasteiger partial charge in [-0.1, -0.05) is 38.1 Å². The molecule has 0 spiro atoms. The number of hydroxylamine groups is 1. The van der Waals surface area contributed by atoms with Crippen LogP contribution in [0.5, 0.6) is 0 Å². The van der Waals surface area contributed by atoms with Gasteiger partial charge in [0.1, 0.15) is 5.78 Å². The van der Waals surface area contributed by atoms with Gasteiger partial charge in [-0.3, -0.25) is 9.59 Å². The fourth-order valence-electron chi connectivity index (χ4n) is 2.53. The van der Waals surface area contributed by atoms with Crippen LogP contribution in [-0.2, 0) is 25.6 Å². The summed E-state index contributed by atoms with van der Waals surface area (Å²) in [5, 5.41) is 0. The van der Waals surface area contributed by atoms with E-state index in [-0.39, 0.29) is 29.9 Å². The molecule has 5 heteroatoms. The molecule has 1 unspecified atom stereocenters. The van der Waals surface area contributed by atoms with E-state index in [1.807, 2.05) is 24.3 Å². The second kappa shape index (κ2) is 7.20. The van der Waals surface area contributed by atoms with E-state index >= 15 is 0 Å². The van der Waals surface area contributed by atoms with Gasteiger partial charge in [-0.05, 0) is 24.0 Å². The Morgan fingerprint density at radius 2 is 2.14 bits per heavy atom. The molecule has 118 valence electrons. The molecular formula is C17H21NO4. The Morgan fingerprint density at radius 1 is 1.36 bits per heavy atom. The minimum atomic E-state index is -0.473. The summed E-state index contributed by atoms with van der Waals surface area (Å²) in [5.41, 5.74) is 3.92. The Balaban J connectivity index is 1.94. The van der Waals surface area contributed by atoms with Gasteiger partial charge in [0.25, 0.3) is 5.91 Å². The van der Waals surface area contributed by atoms with Crippen LogP contribution in [0.25, 0.3) is 0 Å². The number of ketones is 1. The molecule has 0 heterocycles. The highest BCUT2D eigenvalue weighted by molar-refractivity contribution is 5.87. The summed E-state index contributed by atoms with van der Waals surface area (Å²) in [5.74, 6) is -0.922. The highest BCUT2D eigenvalue weighted by Crippen LogP contribution is 2.31. The van der Waals surface area contributed by atoms with Crippen molar-refractivity contribution in [3.63, 3.8) is 0 Å². The average Bonchev–Trinajstić information content (AvgIpc) is 2.91. The number of nitrogens with one attached hydrogen (secondary N) is 1. The van der Waals surface area contributed by atoms with Crippen molar-refractivity contribution in [2.75, 3.05) is 0 Å². The zero-order valence-corrected chi connectivity index (χ0v) is 12.9. The molecule has 1 aliphatic rings. The number of carbonyl (C=O) groups is 3. The monoisotopic (exact) mass is 303 g/mol. The van der Waals surface area contributed by atoms with Gasteiger partial charge < -0.3 is 4.84 Å². The van der Waals surface area contributed by atoms with Gasteiger partial charge in [0.2, 0.25) is 0 Å². The van der Waals surface area contributed by atoms with E-state index in [9.17, 15) is 14.4 Å². The molecule has 1 atom stereocenters. The van der Waals surface area contributed by atoms with E-state index in [2.05, 4.69) is 5.48 Å². The normalized spacial score (nSPS) is 17.6. The summed E-state index contributed by atoms with van der Waals surface area (Å²) in [7, 11) is 0. The Hall–Kier alpha value is -2.17. The van der Waals surface area contributed by atoms with E-state index < -0.39 is 5.97 Å². The molecule has 1 aromatic carbocycles. The van der Waals surface area contributed by atoms with E-state index in [4.69, 9.17) is 4.84 Å². The lowest BCUT2D eigenvalue weighted by atomic mass is 9.94. The molecule has 2 rings (SSSR count). The fourth-order valence-corrected chi connectivity index (χ4v) is 2.53. The maximum Gasteiger partial charge on any atom is 0.334 e. The fraction of sp³-hybridized carbons (Fsp3) is 0.471. The molecule has 1 aliphatic carbocycles. The molecule has 0 saturated heterocycles. The average molecular weight is 303 g/mol. The smallest absolute Gasteiger partial charge is 0.334 e. The van der Waals surface area contributed by atoms with Gasteiger partial charge in [0, 0.05) is 12.3 Å². The topological polar surface area (TPSA) is 72.5 Å². The van der Waals surface area contributed by atoms with Gasteiger partial charge in [0.15, 0.2) is 0 Å². The molecule has 1 fully saturated rings. The van der Waals surface area contributed by atoms with Gasteiger partial charge >= 0.3 is 5.97 Å². The quantitative estimate of drug-likeness (QED) is 0.866. The number of hydrogen-bond acceptors (Lipinski definition) is 4. The molecule has 22 heavy (non-hydrogen) atoms. The van der Waals surface area contributed by atoms with E-state index in [0.717, 1.165) is 24.0 Å². The maximum absolute atomic E-state index is 11.8. The predicted molar refractivity (Wildman–Crippen MR) is 80.8 cm³/mol. The van der Waals surface area contributed by atoms with Crippen molar-refractivity contribution in [1.29, 1.82) is 0 Å². The molecule has 1 N–H and O–H groups in total. The predicted octanol–water partition coefficient (Wildman–Crippen LogP) is 2.30. The minimum Gasteiger partial charge on any atom is -0.341 e. The van der Waals surface area contributed by atoms with Crippen LogP contribution >= 0.6 is 0 Å². The van der Waals surface area contributed by atoms with Crippen LogP contribution in [0.2, 0.25) is 0 Å². The third-order valence-corrected chi connectivity index (χ3v) is 3.76. The summed E-state index contributed by atoms with van der Waals surface area (Å²) in [6, 6.07) is 7.49. The van der Waals surface area contributed by atoms with Crippen LogP contribution in [0.15, 0.2) is 24.3 Å². The van der Waals surface area contributed by atoms with Crippen LogP contribution in [0, 0.1) is 5.92 Å². The first-order chi connectivity index (χ1) is 10.5. The second-order valence-electron chi connectivity index (χ2n) is 5.93. The second-order valence-corrected chi connectivity index (χ2v) is 5.93. The lowest BCUT2D eigenvalue weighted by Gasteiger charge is -2.11. The van der Waals surface area contributed by atoms with Crippen LogP contribution in [0.3, 0.4) is 0 Å². The summed E-state index contributed by atoms with van der Waals surface area (Å²) in [6.07, 6.45) is 2.56. The minimum absolute atomic E-state index is 0.0400. The number of benzene rings is 1. The first kappa shape index (κ1) is 16.2. The largest absolute Gasteiger partial charge is 0.341 e. The molecule has 1 saturated carbocycles. The van der Waals surface area contributed by atoms with Gasteiger partial charge in [-0.15, -0.1) is 0 Å². The number of amides is 1. The standard InChI is InChI=1S/C17H21NO4/c1-11(2)17(21)22-18-16(20)10-12-5-3-6-13(9-12)14-7-4-8-15(14)19/h3,5-6,9,11,14H,4,7-8,10H2,1-2H3,(H,18,20). The summed E-state index contributed by atoms with van der Waals surface area (Å²) in [6.45, 7) is 3.38. The molecule has 0 aliphatic heterocycles. The number of Topliss-reactive ketones (excluding diaryl/α,β-unsaturated/α-hetero) is 1. The molecule has 0 radical (unpaired) electrons. The first-order valence-electron chi connectivity index (χ1n) is 7.58. The van der Waals surface area contributed by atoms with Crippen molar-refractivity contribution < 1.29 is 19.2 Å².